The van der Waals surface area contributed by atoms with E-state index in [4.69, 9.17) is 20.6 Å². The Morgan fingerprint density at radius 1 is 1.03 bits per heavy atom. The predicted octanol–water partition coefficient (Wildman–Crippen LogP) is 3.85. The zero-order valence-electron chi connectivity index (χ0n) is 18.2. The molecule has 0 bridgehead atoms. The summed E-state index contributed by atoms with van der Waals surface area (Å²) in [5.74, 6) is 1.16. The molecule has 0 saturated heterocycles. The maximum Gasteiger partial charge on any atom is 0.216 e. The van der Waals surface area contributed by atoms with Crippen LogP contribution < -0.4 is 25.8 Å². The number of hydrogen-bond donors (Lipinski definition) is 4. The van der Waals surface area contributed by atoms with Gasteiger partial charge in [0, 0.05) is 24.7 Å². The first-order valence-electron chi connectivity index (χ1n) is 10.3. The molecule has 1 amide bonds. The average molecular weight is 433 g/mol. The lowest BCUT2D eigenvalue weighted by Gasteiger charge is -2.22. The molecule has 32 heavy (non-hydrogen) atoms. The Kier molecular flexibility index (Phi) is 7.70. The molecular formula is C25H28N4O3. The largest absolute Gasteiger partial charge is 0.493 e. The van der Waals surface area contributed by atoms with Crippen LogP contribution in [0.2, 0.25) is 0 Å². The van der Waals surface area contributed by atoms with Crippen molar-refractivity contribution in [2.75, 3.05) is 19.0 Å². The van der Waals surface area contributed by atoms with E-state index in [2.05, 4.69) is 10.6 Å². The molecule has 0 spiro atoms. The third-order valence-corrected chi connectivity index (χ3v) is 4.92. The van der Waals surface area contributed by atoms with Crippen molar-refractivity contribution >= 4 is 17.4 Å². The molecule has 0 aliphatic heterocycles. The van der Waals surface area contributed by atoms with Gasteiger partial charge >= 0.3 is 0 Å². The van der Waals surface area contributed by atoms with Crippen LogP contribution in [0, 0.1) is 5.41 Å². The minimum Gasteiger partial charge on any atom is -0.493 e. The number of nitrogens with two attached hydrogens (primary N) is 1. The molecule has 0 aliphatic rings. The third kappa shape index (κ3) is 6.25. The van der Waals surface area contributed by atoms with Gasteiger partial charge in [0.25, 0.3) is 0 Å². The van der Waals surface area contributed by atoms with Crippen LogP contribution in [0.25, 0.3) is 0 Å². The number of hydrogen-bond acceptors (Lipinski definition) is 5. The Morgan fingerprint density at radius 2 is 1.75 bits per heavy atom. The normalized spacial score (nSPS) is 11.3. The Morgan fingerprint density at radius 3 is 2.38 bits per heavy atom. The van der Waals surface area contributed by atoms with Crippen LogP contribution in [-0.4, -0.2) is 25.4 Å². The lowest BCUT2D eigenvalue weighted by atomic mass is 10.0. The van der Waals surface area contributed by atoms with Gasteiger partial charge in [0.2, 0.25) is 5.91 Å². The van der Waals surface area contributed by atoms with Gasteiger partial charge in [-0.3, -0.25) is 10.2 Å². The number of nitrogens with one attached hydrogen (secondary N) is 3. The average Bonchev–Trinajstić information content (AvgIpc) is 2.81. The molecule has 3 aromatic rings. The monoisotopic (exact) mass is 432 g/mol. The van der Waals surface area contributed by atoms with Crippen molar-refractivity contribution in [3.05, 3.63) is 89.5 Å². The number of anilines is 1. The number of amidine groups is 1. The highest BCUT2D eigenvalue weighted by atomic mass is 16.5. The number of methoxy groups -OCH3 is 1. The maximum absolute atomic E-state index is 11.5. The van der Waals surface area contributed by atoms with E-state index in [1.54, 1.807) is 19.2 Å². The van der Waals surface area contributed by atoms with Gasteiger partial charge in [0.05, 0.1) is 13.2 Å². The van der Waals surface area contributed by atoms with Crippen LogP contribution in [0.3, 0.4) is 0 Å². The number of benzene rings is 3. The van der Waals surface area contributed by atoms with Gasteiger partial charge in [0.1, 0.15) is 12.4 Å². The van der Waals surface area contributed by atoms with Crippen molar-refractivity contribution in [3.8, 4) is 11.5 Å². The Balaban J connectivity index is 1.79. The van der Waals surface area contributed by atoms with E-state index >= 15 is 0 Å². The number of carbonyl (C=O) groups excluding carboxylic acids is 1. The third-order valence-electron chi connectivity index (χ3n) is 4.92. The fourth-order valence-electron chi connectivity index (χ4n) is 3.20. The Bertz CT molecular complexity index is 1050. The fourth-order valence-corrected chi connectivity index (χ4v) is 3.20. The second-order valence-corrected chi connectivity index (χ2v) is 7.31. The summed E-state index contributed by atoms with van der Waals surface area (Å²) < 4.78 is 11.5. The van der Waals surface area contributed by atoms with E-state index in [9.17, 15) is 4.79 Å². The minimum absolute atomic E-state index is 0.0159. The first kappa shape index (κ1) is 22.7. The molecule has 5 N–H and O–H groups in total. The number of carbonyl (C=O) groups is 1. The molecule has 0 heterocycles. The molecule has 7 nitrogen and oxygen atoms in total. The van der Waals surface area contributed by atoms with Crippen molar-refractivity contribution in [1.82, 2.24) is 5.32 Å². The zero-order valence-corrected chi connectivity index (χ0v) is 18.2. The SMILES string of the molecule is COc1cc(C(CNC(C)=O)Nc2ccc(C(=N)N)cc2)ccc1OCc1ccccc1. The lowest BCUT2D eigenvalue weighted by molar-refractivity contribution is -0.119. The summed E-state index contributed by atoms with van der Waals surface area (Å²) in [4.78, 5) is 11.5. The smallest absolute Gasteiger partial charge is 0.216 e. The van der Waals surface area contributed by atoms with E-state index in [0.717, 1.165) is 16.8 Å². The summed E-state index contributed by atoms with van der Waals surface area (Å²) in [7, 11) is 1.60. The summed E-state index contributed by atoms with van der Waals surface area (Å²) in [6.45, 7) is 2.31. The highest BCUT2D eigenvalue weighted by Gasteiger charge is 2.16. The summed E-state index contributed by atoms with van der Waals surface area (Å²) in [6.07, 6.45) is 0. The Labute approximate surface area is 188 Å². The summed E-state index contributed by atoms with van der Waals surface area (Å²) in [6, 6.07) is 22.7. The van der Waals surface area contributed by atoms with E-state index in [0.29, 0.717) is 30.2 Å². The van der Waals surface area contributed by atoms with Gasteiger partial charge in [-0.1, -0.05) is 36.4 Å². The van der Waals surface area contributed by atoms with E-state index < -0.39 is 0 Å². The molecule has 166 valence electrons. The molecule has 1 unspecified atom stereocenters. The van der Waals surface area contributed by atoms with E-state index in [-0.39, 0.29) is 17.8 Å². The van der Waals surface area contributed by atoms with Crippen molar-refractivity contribution in [2.24, 2.45) is 5.73 Å². The molecule has 0 aliphatic carbocycles. The number of amides is 1. The second-order valence-electron chi connectivity index (χ2n) is 7.31. The van der Waals surface area contributed by atoms with E-state index in [1.807, 2.05) is 60.7 Å². The highest BCUT2D eigenvalue weighted by Crippen LogP contribution is 2.32. The molecule has 0 radical (unpaired) electrons. The van der Waals surface area contributed by atoms with E-state index in [1.165, 1.54) is 6.92 Å². The quantitative estimate of drug-likeness (QED) is 0.287. The molecule has 3 aromatic carbocycles. The van der Waals surface area contributed by atoms with Gasteiger partial charge in [-0.05, 0) is 47.5 Å². The molecule has 0 fully saturated rings. The maximum atomic E-state index is 11.5. The predicted molar refractivity (Wildman–Crippen MR) is 126 cm³/mol. The highest BCUT2D eigenvalue weighted by molar-refractivity contribution is 5.95. The van der Waals surface area contributed by atoms with Crippen LogP contribution in [0.15, 0.2) is 72.8 Å². The summed E-state index contributed by atoms with van der Waals surface area (Å²) >= 11 is 0. The number of rotatable bonds is 10. The number of ether oxygens (including phenoxy) is 2. The summed E-state index contributed by atoms with van der Waals surface area (Å²) in [5, 5.41) is 13.8. The first-order valence-corrected chi connectivity index (χ1v) is 10.3. The molecular weight excluding hydrogens is 404 g/mol. The lowest BCUT2D eigenvalue weighted by Crippen LogP contribution is -2.29. The molecule has 0 saturated carbocycles. The van der Waals surface area contributed by atoms with Crippen LogP contribution in [0.4, 0.5) is 5.69 Å². The fraction of sp³-hybridized carbons (Fsp3) is 0.200. The van der Waals surface area contributed by atoms with Crippen molar-refractivity contribution in [3.63, 3.8) is 0 Å². The number of nitrogen functional groups attached to an aromatic ring is 1. The van der Waals surface area contributed by atoms with Crippen LogP contribution in [-0.2, 0) is 11.4 Å². The van der Waals surface area contributed by atoms with Gasteiger partial charge in [-0.15, -0.1) is 0 Å². The summed E-state index contributed by atoms with van der Waals surface area (Å²) in [5.41, 5.74) is 9.02. The minimum atomic E-state index is -0.209. The van der Waals surface area contributed by atoms with Gasteiger partial charge in [0.15, 0.2) is 11.5 Å². The topological polar surface area (TPSA) is 109 Å². The zero-order chi connectivity index (χ0) is 22.9. The van der Waals surface area contributed by atoms with Gasteiger partial charge in [-0.2, -0.15) is 0 Å². The van der Waals surface area contributed by atoms with Gasteiger partial charge in [-0.25, -0.2) is 0 Å². The molecule has 1 atom stereocenters. The van der Waals surface area contributed by atoms with Crippen molar-refractivity contribution in [1.29, 1.82) is 5.41 Å². The van der Waals surface area contributed by atoms with Crippen LogP contribution in [0.5, 0.6) is 11.5 Å². The Hall–Kier alpha value is -4.00. The van der Waals surface area contributed by atoms with Crippen molar-refractivity contribution < 1.29 is 14.3 Å². The van der Waals surface area contributed by atoms with Crippen LogP contribution >= 0.6 is 0 Å². The van der Waals surface area contributed by atoms with Gasteiger partial charge < -0.3 is 25.8 Å². The first-order chi connectivity index (χ1) is 15.5. The molecule has 3 rings (SSSR count). The molecule has 7 heteroatoms. The standard InChI is InChI=1S/C25H28N4O3/c1-17(30)28-15-22(29-21-11-8-19(9-12-21)25(26)27)20-10-13-23(24(14-20)31-2)32-16-18-6-4-3-5-7-18/h3-14,22,29H,15-16H2,1-2H3,(H3,26,27)(H,28,30). The second kappa shape index (κ2) is 10.9. The van der Waals surface area contributed by atoms with Crippen molar-refractivity contribution in [2.45, 2.75) is 19.6 Å². The molecule has 0 aromatic heterocycles. The van der Waals surface area contributed by atoms with Crippen LogP contribution in [0.1, 0.15) is 29.7 Å².